The fourth-order valence-corrected chi connectivity index (χ4v) is 1.64. The topological polar surface area (TPSA) is 41.6 Å². The van der Waals surface area contributed by atoms with Crippen molar-refractivity contribution in [3.8, 4) is 0 Å². The van der Waals surface area contributed by atoms with Gasteiger partial charge < -0.3 is 0 Å². The van der Waals surface area contributed by atoms with E-state index in [9.17, 15) is 0 Å². The van der Waals surface area contributed by atoms with Gasteiger partial charge in [0.1, 0.15) is 0 Å². The molecule has 0 radical (unpaired) electrons. The van der Waals surface area contributed by atoms with Crippen molar-refractivity contribution in [1.29, 1.82) is 0 Å². The van der Waals surface area contributed by atoms with E-state index in [4.69, 9.17) is 0 Å². The zero-order valence-corrected chi connectivity index (χ0v) is 8.92. The second-order valence-corrected chi connectivity index (χ2v) is 3.65. The van der Waals surface area contributed by atoms with E-state index >= 15 is 0 Å². The van der Waals surface area contributed by atoms with E-state index < -0.39 is 0 Å². The number of nitrogens with zero attached hydrogens (tertiary/aromatic N) is 2. The molecular weight excluding hydrogens is 190 g/mol. The molecule has 3 nitrogen and oxygen atoms in total. The van der Waals surface area contributed by atoms with Crippen molar-refractivity contribution >= 4 is 28.4 Å². The van der Waals surface area contributed by atoms with Crippen molar-refractivity contribution in [2.45, 2.75) is 12.1 Å². The number of H-pyrrole nitrogens is 1. The zero-order chi connectivity index (χ0) is 8.97. The predicted molar refractivity (Wildman–Crippen MR) is 55.3 cm³/mol. The molecule has 1 heterocycles. The molecule has 0 bridgehead atoms. The monoisotopic (exact) mass is 201 g/mol. The molecule has 0 saturated carbocycles. The molecule has 0 atom stereocenters. The minimum atomic E-state index is 0.790. The molecule has 1 rings (SSSR count). The van der Waals surface area contributed by atoms with Crippen LogP contribution in [0, 0.1) is 0 Å². The summed E-state index contributed by atoms with van der Waals surface area (Å²) in [4.78, 5) is 5.41. The number of hydrogen-bond acceptors (Lipinski definition) is 4. The number of nitrogens with one attached hydrogen (secondary N) is 1. The quantitative estimate of drug-likeness (QED) is 0.762. The van der Waals surface area contributed by atoms with Crippen molar-refractivity contribution in [2.24, 2.45) is 0 Å². The highest BCUT2D eigenvalue weighted by molar-refractivity contribution is 8.07. The van der Waals surface area contributed by atoms with Gasteiger partial charge in [-0.05, 0) is 19.4 Å². The Morgan fingerprint density at radius 1 is 1.50 bits per heavy atom. The van der Waals surface area contributed by atoms with E-state index in [0.29, 0.717) is 0 Å². The molecule has 0 aromatic carbocycles. The Morgan fingerprint density at radius 3 is 2.67 bits per heavy atom. The van der Waals surface area contributed by atoms with E-state index in [-0.39, 0.29) is 0 Å². The molecule has 66 valence electrons. The SMILES string of the molecule is C/C=C(\SC)c1nc(SC)n[nH]1. The summed E-state index contributed by atoms with van der Waals surface area (Å²) in [6.45, 7) is 1.99. The minimum Gasteiger partial charge on any atom is -0.258 e. The van der Waals surface area contributed by atoms with Crippen molar-refractivity contribution in [2.75, 3.05) is 12.5 Å². The number of thioether (sulfide) groups is 2. The molecule has 0 spiro atoms. The van der Waals surface area contributed by atoms with Crippen LogP contribution < -0.4 is 0 Å². The van der Waals surface area contributed by atoms with Gasteiger partial charge in [0.2, 0.25) is 5.16 Å². The standard InChI is InChI=1S/C7H11N3S2/c1-4-5(11-2)6-8-7(12-3)10-9-6/h4H,1-3H3,(H,8,9,10)/b5-4-. The fraction of sp³-hybridized carbons (Fsp3) is 0.429. The van der Waals surface area contributed by atoms with Crippen LogP contribution in [0.15, 0.2) is 11.2 Å². The predicted octanol–water partition coefficient (Wildman–Crippen LogP) is 2.25. The first kappa shape index (κ1) is 9.67. The maximum atomic E-state index is 4.28. The highest BCUT2D eigenvalue weighted by atomic mass is 32.2. The first-order chi connectivity index (χ1) is 5.81. The molecular formula is C7H11N3S2. The van der Waals surface area contributed by atoms with Crippen LogP contribution in [0.4, 0.5) is 0 Å². The molecule has 1 aromatic heterocycles. The Bertz CT molecular complexity index is 280. The van der Waals surface area contributed by atoms with E-state index in [1.54, 1.807) is 11.8 Å². The maximum Gasteiger partial charge on any atom is 0.208 e. The summed E-state index contributed by atoms with van der Waals surface area (Å²) in [5.74, 6) is 0.856. The second kappa shape index (κ2) is 4.57. The number of allylic oxidation sites excluding steroid dienone is 1. The van der Waals surface area contributed by atoms with Crippen molar-refractivity contribution in [3.63, 3.8) is 0 Å². The molecule has 0 saturated heterocycles. The van der Waals surface area contributed by atoms with Gasteiger partial charge in [-0.3, -0.25) is 5.10 Å². The summed E-state index contributed by atoms with van der Waals surface area (Å²) < 4.78 is 0. The van der Waals surface area contributed by atoms with Gasteiger partial charge in [-0.2, -0.15) is 0 Å². The number of hydrogen-bond donors (Lipinski definition) is 1. The summed E-state index contributed by atoms with van der Waals surface area (Å²) in [6.07, 6.45) is 6.01. The van der Waals surface area contributed by atoms with E-state index in [1.165, 1.54) is 11.8 Å². The lowest BCUT2D eigenvalue weighted by Crippen LogP contribution is -1.81. The smallest absolute Gasteiger partial charge is 0.208 e. The normalized spacial score (nSPS) is 12.1. The van der Waals surface area contributed by atoms with Crippen LogP contribution in [0.1, 0.15) is 12.7 Å². The Labute approximate surface area is 80.4 Å². The maximum absolute atomic E-state index is 4.28. The van der Waals surface area contributed by atoms with Gasteiger partial charge in [0.15, 0.2) is 5.82 Å². The lowest BCUT2D eigenvalue weighted by atomic mass is 10.5. The second-order valence-electron chi connectivity index (χ2n) is 2.03. The Hall–Kier alpha value is -0.420. The van der Waals surface area contributed by atoms with Crippen molar-refractivity contribution < 1.29 is 0 Å². The largest absolute Gasteiger partial charge is 0.258 e. The van der Waals surface area contributed by atoms with Gasteiger partial charge in [0.25, 0.3) is 0 Å². The molecule has 5 heteroatoms. The lowest BCUT2D eigenvalue weighted by molar-refractivity contribution is 0.975. The zero-order valence-electron chi connectivity index (χ0n) is 7.29. The average molecular weight is 201 g/mol. The summed E-state index contributed by atoms with van der Waals surface area (Å²) in [5, 5.41) is 7.70. The third-order valence-corrected chi connectivity index (χ3v) is 2.78. The third kappa shape index (κ3) is 2.04. The highest BCUT2D eigenvalue weighted by Gasteiger charge is 2.04. The van der Waals surface area contributed by atoms with Crippen LogP contribution in [0.5, 0.6) is 0 Å². The molecule has 1 N–H and O–H groups in total. The molecule has 0 aliphatic carbocycles. The van der Waals surface area contributed by atoms with Crippen LogP contribution in [0.3, 0.4) is 0 Å². The number of aromatic amines is 1. The van der Waals surface area contributed by atoms with Crippen LogP contribution in [0.25, 0.3) is 4.91 Å². The molecule has 0 unspecified atom stereocenters. The van der Waals surface area contributed by atoms with Gasteiger partial charge in [-0.15, -0.1) is 16.9 Å². The van der Waals surface area contributed by atoms with Gasteiger partial charge in [-0.1, -0.05) is 17.8 Å². The highest BCUT2D eigenvalue weighted by Crippen LogP contribution is 2.22. The van der Waals surface area contributed by atoms with Crippen molar-refractivity contribution in [3.05, 3.63) is 11.9 Å². The van der Waals surface area contributed by atoms with E-state index in [0.717, 1.165) is 15.9 Å². The van der Waals surface area contributed by atoms with Crippen LogP contribution >= 0.6 is 23.5 Å². The number of rotatable bonds is 3. The first-order valence-electron chi connectivity index (χ1n) is 3.49. The Morgan fingerprint density at radius 2 is 2.25 bits per heavy atom. The van der Waals surface area contributed by atoms with Crippen LogP contribution in [-0.2, 0) is 0 Å². The van der Waals surface area contributed by atoms with Crippen molar-refractivity contribution in [1.82, 2.24) is 15.2 Å². The van der Waals surface area contributed by atoms with E-state index in [2.05, 4.69) is 15.2 Å². The molecule has 0 aliphatic heterocycles. The Kier molecular flexibility index (Phi) is 3.68. The van der Waals surface area contributed by atoms with Gasteiger partial charge in [0.05, 0.1) is 0 Å². The molecule has 0 aliphatic rings. The number of aromatic nitrogens is 3. The summed E-state index contributed by atoms with van der Waals surface area (Å²) >= 11 is 3.20. The molecule has 0 amide bonds. The summed E-state index contributed by atoms with van der Waals surface area (Å²) in [7, 11) is 0. The third-order valence-electron chi connectivity index (χ3n) is 1.36. The van der Waals surface area contributed by atoms with Gasteiger partial charge in [0, 0.05) is 4.91 Å². The lowest BCUT2D eigenvalue weighted by Gasteiger charge is -1.94. The minimum absolute atomic E-state index is 0.790. The average Bonchev–Trinajstić information content (AvgIpc) is 2.55. The summed E-state index contributed by atoms with van der Waals surface area (Å²) in [5.41, 5.74) is 0. The fourth-order valence-electron chi connectivity index (χ4n) is 0.799. The van der Waals surface area contributed by atoms with E-state index in [1.807, 2.05) is 25.5 Å². The molecule has 0 fully saturated rings. The molecule has 1 aromatic rings. The van der Waals surface area contributed by atoms with Gasteiger partial charge >= 0.3 is 0 Å². The van der Waals surface area contributed by atoms with Gasteiger partial charge in [-0.25, -0.2) is 4.98 Å². The Balaban J connectivity index is 2.87. The summed E-state index contributed by atoms with van der Waals surface area (Å²) in [6, 6.07) is 0. The van der Waals surface area contributed by atoms with Crippen LogP contribution in [-0.4, -0.2) is 27.7 Å². The van der Waals surface area contributed by atoms with Crippen LogP contribution in [0.2, 0.25) is 0 Å². The molecule has 12 heavy (non-hydrogen) atoms. The first-order valence-corrected chi connectivity index (χ1v) is 5.93.